The van der Waals surface area contributed by atoms with E-state index in [1.807, 2.05) is 24.3 Å². The molecule has 1 heteroatoms. The zero-order valence-corrected chi connectivity index (χ0v) is 10.9. The van der Waals surface area contributed by atoms with Gasteiger partial charge < -0.3 is 5.11 Å². The molecule has 1 nitrogen and oxygen atoms in total. The highest BCUT2D eigenvalue weighted by atomic mass is 16.3. The van der Waals surface area contributed by atoms with Gasteiger partial charge in [-0.3, -0.25) is 0 Å². The topological polar surface area (TPSA) is 20.2 Å². The van der Waals surface area contributed by atoms with Crippen molar-refractivity contribution in [3.05, 3.63) is 83.4 Å². The smallest absolute Gasteiger partial charge is 0.0864 e. The van der Waals surface area contributed by atoms with Crippen LogP contribution >= 0.6 is 0 Å². The van der Waals surface area contributed by atoms with E-state index in [0.29, 0.717) is 0 Å². The molecule has 96 valence electrons. The Labute approximate surface area is 114 Å². The van der Waals surface area contributed by atoms with Gasteiger partial charge in [-0.2, -0.15) is 0 Å². The van der Waals surface area contributed by atoms with Crippen molar-refractivity contribution in [1.82, 2.24) is 0 Å². The summed E-state index contributed by atoms with van der Waals surface area (Å²) in [4.78, 5) is 0. The Kier molecular flexibility index (Phi) is 3.22. The maximum atomic E-state index is 10.7. The molecule has 0 aliphatic heterocycles. The van der Waals surface area contributed by atoms with Crippen LogP contribution in [0, 0.1) is 0 Å². The van der Waals surface area contributed by atoms with E-state index in [1.54, 1.807) is 0 Å². The van der Waals surface area contributed by atoms with Gasteiger partial charge in [-0.1, -0.05) is 54.6 Å². The third kappa shape index (κ3) is 2.11. The van der Waals surface area contributed by atoms with E-state index in [1.165, 1.54) is 16.7 Å². The lowest BCUT2D eigenvalue weighted by Gasteiger charge is -2.22. The Morgan fingerprint density at radius 2 is 1.58 bits per heavy atom. The van der Waals surface area contributed by atoms with Crippen LogP contribution in [0.4, 0.5) is 0 Å². The van der Waals surface area contributed by atoms with Crippen LogP contribution in [-0.2, 0) is 6.42 Å². The highest BCUT2D eigenvalue weighted by molar-refractivity contribution is 5.44. The molecule has 0 fully saturated rings. The van der Waals surface area contributed by atoms with E-state index < -0.39 is 6.10 Å². The second kappa shape index (κ2) is 5.02. The minimum atomic E-state index is -0.446. The molecule has 2 aromatic rings. The molecule has 0 bridgehead atoms. The summed E-state index contributed by atoms with van der Waals surface area (Å²) in [5.74, 6) is 0.109. The van der Waals surface area contributed by atoms with Crippen molar-refractivity contribution in [2.24, 2.45) is 0 Å². The van der Waals surface area contributed by atoms with E-state index in [4.69, 9.17) is 0 Å². The highest BCUT2D eigenvalue weighted by Gasteiger charge is 2.28. The van der Waals surface area contributed by atoms with Crippen LogP contribution in [0.15, 0.2) is 61.2 Å². The molecule has 2 aromatic carbocycles. The van der Waals surface area contributed by atoms with Gasteiger partial charge >= 0.3 is 0 Å². The summed E-state index contributed by atoms with van der Waals surface area (Å²) in [7, 11) is 0. The quantitative estimate of drug-likeness (QED) is 0.799. The molecule has 19 heavy (non-hydrogen) atoms. The van der Waals surface area contributed by atoms with Crippen LogP contribution < -0.4 is 0 Å². The van der Waals surface area contributed by atoms with E-state index in [2.05, 4.69) is 36.9 Å². The van der Waals surface area contributed by atoms with Crippen molar-refractivity contribution in [2.75, 3.05) is 0 Å². The van der Waals surface area contributed by atoms with Gasteiger partial charge in [0.15, 0.2) is 0 Å². The third-order valence-electron chi connectivity index (χ3n) is 4.01. The summed E-state index contributed by atoms with van der Waals surface area (Å²) in [6, 6.07) is 16.6. The van der Waals surface area contributed by atoms with Crippen molar-refractivity contribution in [1.29, 1.82) is 0 Å². The van der Waals surface area contributed by atoms with Gasteiger partial charge in [0, 0.05) is 5.92 Å². The highest BCUT2D eigenvalue weighted by Crippen LogP contribution is 2.40. The van der Waals surface area contributed by atoms with E-state index >= 15 is 0 Å². The number of allylic oxidation sites excluding steroid dienone is 1. The number of benzene rings is 2. The molecule has 0 aromatic heterocycles. The van der Waals surface area contributed by atoms with Gasteiger partial charge in [0.2, 0.25) is 0 Å². The second-order valence-electron chi connectivity index (χ2n) is 5.15. The predicted octanol–water partition coefficient (Wildman–Crippen LogP) is 3.98. The minimum Gasteiger partial charge on any atom is -0.388 e. The number of aliphatic hydroxyl groups excluding tert-OH is 1. The van der Waals surface area contributed by atoms with Crippen molar-refractivity contribution >= 4 is 0 Å². The van der Waals surface area contributed by atoms with E-state index in [9.17, 15) is 5.11 Å². The maximum absolute atomic E-state index is 10.7. The molecule has 0 radical (unpaired) electrons. The first-order chi connectivity index (χ1) is 9.31. The molecule has 0 saturated heterocycles. The number of fused-ring (bicyclic) bond motifs is 2. The second-order valence-corrected chi connectivity index (χ2v) is 5.15. The van der Waals surface area contributed by atoms with Crippen LogP contribution in [0.2, 0.25) is 0 Å². The summed E-state index contributed by atoms with van der Waals surface area (Å²) < 4.78 is 0. The molecule has 0 spiro atoms. The summed E-state index contributed by atoms with van der Waals surface area (Å²) in [6.45, 7) is 3.84. The van der Waals surface area contributed by atoms with E-state index in [0.717, 1.165) is 18.4 Å². The maximum Gasteiger partial charge on any atom is 0.0864 e. The van der Waals surface area contributed by atoms with Crippen LogP contribution in [0.5, 0.6) is 0 Å². The predicted molar refractivity (Wildman–Crippen MR) is 78.2 cm³/mol. The largest absolute Gasteiger partial charge is 0.388 e. The summed E-state index contributed by atoms with van der Waals surface area (Å²) in [5.41, 5.74) is 4.86. The summed E-state index contributed by atoms with van der Waals surface area (Å²) in [6.07, 6.45) is 3.15. The number of aliphatic hydroxyl groups is 1. The Morgan fingerprint density at radius 3 is 2.26 bits per heavy atom. The summed E-state index contributed by atoms with van der Waals surface area (Å²) in [5, 5.41) is 10.7. The third-order valence-corrected chi connectivity index (χ3v) is 4.01. The summed E-state index contributed by atoms with van der Waals surface area (Å²) >= 11 is 0. The zero-order valence-electron chi connectivity index (χ0n) is 10.9. The molecular formula is C18H18O. The lowest BCUT2D eigenvalue weighted by Crippen LogP contribution is -2.10. The van der Waals surface area contributed by atoms with Crippen molar-refractivity contribution in [3.63, 3.8) is 0 Å². The van der Waals surface area contributed by atoms with Gasteiger partial charge in [-0.05, 0) is 35.1 Å². The van der Waals surface area contributed by atoms with Crippen LogP contribution in [0.25, 0.3) is 0 Å². The molecule has 2 atom stereocenters. The first kappa shape index (κ1) is 12.2. The van der Waals surface area contributed by atoms with Crippen LogP contribution in [0.1, 0.15) is 40.7 Å². The standard InChI is InChI=1S/C18H18O/c1-2-7-17-15-10-5-3-8-13(15)12-14-9-4-6-11-16(14)18(17)19/h2-6,8-11,17-19H,1,7,12H2. The van der Waals surface area contributed by atoms with Gasteiger partial charge in [-0.15, -0.1) is 6.58 Å². The first-order valence-corrected chi connectivity index (χ1v) is 6.76. The average Bonchev–Trinajstić information content (AvgIpc) is 2.56. The molecule has 0 heterocycles. The molecule has 1 aliphatic rings. The minimum absolute atomic E-state index is 0.109. The number of rotatable bonds is 2. The molecule has 3 rings (SSSR count). The van der Waals surface area contributed by atoms with Crippen molar-refractivity contribution in [3.8, 4) is 0 Å². The fourth-order valence-electron chi connectivity index (χ4n) is 3.07. The van der Waals surface area contributed by atoms with Crippen LogP contribution in [0.3, 0.4) is 0 Å². The molecule has 0 saturated carbocycles. The molecule has 2 unspecified atom stereocenters. The zero-order chi connectivity index (χ0) is 13.2. The van der Waals surface area contributed by atoms with E-state index in [-0.39, 0.29) is 5.92 Å². The van der Waals surface area contributed by atoms with Gasteiger partial charge in [0.05, 0.1) is 6.10 Å². The SMILES string of the molecule is C=CCC1c2ccccc2Cc2ccccc2C1O. The molecular weight excluding hydrogens is 232 g/mol. The van der Waals surface area contributed by atoms with Crippen molar-refractivity contribution < 1.29 is 5.11 Å². The number of hydrogen-bond donors (Lipinski definition) is 1. The van der Waals surface area contributed by atoms with Crippen LogP contribution in [-0.4, -0.2) is 5.11 Å². The van der Waals surface area contributed by atoms with Gasteiger partial charge in [-0.25, -0.2) is 0 Å². The average molecular weight is 250 g/mol. The lowest BCUT2D eigenvalue weighted by molar-refractivity contribution is 0.145. The first-order valence-electron chi connectivity index (χ1n) is 6.76. The monoisotopic (exact) mass is 250 g/mol. The Bertz CT molecular complexity index is 600. The Hall–Kier alpha value is -1.86. The fourth-order valence-corrected chi connectivity index (χ4v) is 3.07. The molecule has 0 amide bonds. The van der Waals surface area contributed by atoms with Crippen molar-refractivity contribution in [2.45, 2.75) is 24.9 Å². The fraction of sp³-hybridized carbons (Fsp3) is 0.222. The normalized spacial score (nSPS) is 21.1. The number of hydrogen-bond acceptors (Lipinski definition) is 1. The lowest BCUT2D eigenvalue weighted by atomic mass is 9.86. The van der Waals surface area contributed by atoms with Gasteiger partial charge in [0.25, 0.3) is 0 Å². The van der Waals surface area contributed by atoms with Gasteiger partial charge in [0.1, 0.15) is 0 Å². The Morgan fingerprint density at radius 1 is 1.00 bits per heavy atom. The molecule has 1 N–H and O–H groups in total. The molecule has 1 aliphatic carbocycles. The Balaban J connectivity index is 2.18.